The zero-order valence-electron chi connectivity index (χ0n) is 10.8. The number of hydrogen-bond acceptors (Lipinski definition) is 2. The van der Waals surface area contributed by atoms with Crippen molar-refractivity contribution in [1.29, 1.82) is 0 Å². The molecule has 1 aliphatic carbocycles. The van der Waals surface area contributed by atoms with Crippen molar-refractivity contribution in [1.82, 2.24) is 5.32 Å². The molecule has 1 saturated heterocycles. The lowest BCUT2D eigenvalue weighted by Gasteiger charge is -2.23. The van der Waals surface area contributed by atoms with E-state index < -0.39 is 0 Å². The fraction of sp³-hybridized carbons (Fsp3) is 0.600. The van der Waals surface area contributed by atoms with Gasteiger partial charge in [-0.2, -0.15) is 0 Å². The average molecular weight is 266 g/mol. The van der Waals surface area contributed by atoms with Crippen molar-refractivity contribution in [2.24, 2.45) is 5.92 Å². The van der Waals surface area contributed by atoms with Crippen LogP contribution in [0, 0.1) is 12.8 Å². The maximum absolute atomic E-state index is 6.28. The van der Waals surface area contributed by atoms with Crippen LogP contribution in [0.5, 0.6) is 5.75 Å². The molecule has 1 N–H and O–H groups in total. The molecule has 3 heteroatoms. The first-order chi connectivity index (χ1) is 8.69. The van der Waals surface area contributed by atoms with Crippen molar-refractivity contribution in [3.8, 4) is 5.75 Å². The van der Waals surface area contributed by atoms with Crippen LogP contribution in [0.3, 0.4) is 0 Å². The molecular formula is C15H20ClNO. The summed E-state index contributed by atoms with van der Waals surface area (Å²) in [5.74, 6) is 1.66. The normalized spacial score (nSPS) is 25.1. The first-order valence-corrected chi connectivity index (χ1v) is 7.21. The molecule has 0 aromatic heterocycles. The molecule has 1 saturated carbocycles. The molecule has 2 aliphatic rings. The van der Waals surface area contributed by atoms with E-state index in [1.165, 1.54) is 25.7 Å². The number of nitrogens with one attached hydrogen (secondary N) is 1. The minimum Gasteiger partial charge on any atom is -0.485 e. The fourth-order valence-corrected chi connectivity index (χ4v) is 3.12. The highest BCUT2D eigenvalue weighted by atomic mass is 35.5. The van der Waals surface area contributed by atoms with Gasteiger partial charge in [-0.1, -0.05) is 23.7 Å². The molecule has 98 valence electrons. The van der Waals surface area contributed by atoms with Gasteiger partial charge in [0, 0.05) is 0 Å². The van der Waals surface area contributed by atoms with Gasteiger partial charge in [0.05, 0.1) is 5.02 Å². The van der Waals surface area contributed by atoms with Crippen molar-refractivity contribution in [3.05, 3.63) is 28.8 Å². The summed E-state index contributed by atoms with van der Waals surface area (Å²) in [6.07, 6.45) is 4.81. The Bertz CT molecular complexity index is 416. The molecule has 1 atom stereocenters. The molecule has 0 bridgehead atoms. The van der Waals surface area contributed by atoms with Gasteiger partial charge in [-0.25, -0.2) is 0 Å². The first-order valence-electron chi connectivity index (χ1n) is 6.83. The maximum Gasteiger partial charge on any atom is 0.141 e. The number of rotatable bonds is 4. The van der Waals surface area contributed by atoms with Crippen LogP contribution in [0.2, 0.25) is 5.02 Å². The Morgan fingerprint density at radius 2 is 2.28 bits per heavy atom. The van der Waals surface area contributed by atoms with Gasteiger partial charge >= 0.3 is 0 Å². The summed E-state index contributed by atoms with van der Waals surface area (Å²) in [7, 11) is 0. The number of halogens is 1. The Hall–Kier alpha value is -0.730. The highest BCUT2D eigenvalue weighted by molar-refractivity contribution is 6.32. The summed E-state index contributed by atoms with van der Waals surface area (Å²) >= 11 is 6.24. The van der Waals surface area contributed by atoms with E-state index in [1.807, 2.05) is 12.1 Å². The molecule has 1 unspecified atom stereocenters. The molecule has 1 aromatic carbocycles. The van der Waals surface area contributed by atoms with E-state index in [0.29, 0.717) is 0 Å². The van der Waals surface area contributed by atoms with E-state index in [9.17, 15) is 0 Å². The number of benzene rings is 1. The number of ether oxygens (including phenoxy) is 1. The Labute approximate surface area is 114 Å². The predicted molar refractivity (Wildman–Crippen MR) is 74.4 cm³/mol. The lowest BCUT2D eigenvalue weighted by atomic mass is 9.99. The van der Waals surface area contributed by atoms with E-state index in [2.05, 4.69) is 18.3 Å². The van der Waals surface area contributed by atoms with Crippen molar-refractivity contribution in [2.75, 3.05) is 13.1 Å². The van der Waals surface area contributed by atoms with Crippen molar-refractivity contribution in [2.45, 2.75) is 38.2 Å². The third-order valence-corrected chi connectivity index (χ3v) is 4.41. The van der Waals surface area contributed by atoms with Crippen LogP contribution < -0.4 is 10.1 Å². The second kappa shape index (κ2) is 4.75. The second-order valence-electron chi connectivity index (χ2n) is 5.73. The zero-order chi connectivity index (χ0) is 12.6. The smallest absolute Gasteiger partial charge is 0.141 e. The van der Waals surface area contributed by atoms with Crippen LogP contribution in [-0.4, -0.2) is 18.7 Å². The Balaban J connectivity index is 1.71. The lowest BCUT2D eigenvalue weighted by molar-refractivity contribution is 0.147. The topological polar surface area (TPSA) is 21.3 Å². The summed E-state index contributed by atoms with van der Waals surface area (Å²) < 4.78 is 6.28. The summed E-state index contributed by atoms with van der Waals surface area (Å²) in [4.78, 5) is 0. The summed E-state index contributed by atoms with van der Waals surface area (Å²) in [6.45, 7) is 4.37. The van der Waals surface area contributed by atoms with E-state index in [0.717, 1.165) is 35.3 Å². The van der Waals surface area contributed by atoms with Crippen molar-refractivity contribution < 1.29 is 4.74 Å². The minimum absolute atomic E-state index is 0.0758. The monoisotopic (exact) mass is 265 g/mol. The highest BCUT2D eigenvalue weighted by Gasteiger charge is 2.47. The van der Waals surface area contributed by atoms with Crippen LogP contribution in [0.25, 0.3) is 0 Å². The van der Waals surface area contributed by atoms with Gasteiger partial charge in [-0.05, 0) is 63.2 Å². The molecule has 1 aliphatic heterocycles. The van der Waals surface area contributed by atoms with Crippen LogP contribution >= 0.6 is 11.6 Å². The minimum atomic E-state index is 0.0758. The molecule has 0 spiro atoms. The number of para-hydroxylation sites is 1. The predicted octanol–water partition coefficient (Wildman–Crippen LogP) is 3.56. The third-order valence-electron chi connectivity index (χ3n) is 4.11. The standard InChI is InChI=1S/C15H20ClNO/c1-11-3-2-4-13(16)14(11)18-15(6-7-15)9-12-5-8-17-10-12/h2-4,12,17H,5-10H2,1H3. The van der Waals surface area contributed by atoms with Gasteiger partial charge in [-0.3, -0.25) is 0 Å². The summed E-state index contributed by atoms with van der Waals surface area (Å²) in [5.41, 5.74) is 1.21. The number of hydrogen-bond donors (Lipinski definition) is 1. The van der Waals surface area contributed by atoms with Gasteiger partial charge in [0.25, 0.3) is 0 Å². The molecule has 0 radical (unpaired) electrons. The molecule has 3 rings (SSSR count). The molecule has 18 heavy (non-hydrogen) atoms. The van der Waals surface area contributed by atoms with E-state index >= 15 is 0 Å². The molecule has 1 heterocycles. The maximum atomic E-state index is 6.28. The Kier molecular flexibility index (Phi) is 3.25. The van der Waals surface area contributed by atoms with Crippen LogP contribution in [0.15, 0.2) is 18.2 Å². The van der Waals surface area contributed by atoms with Crippen LogP contribution in [0.1, 0.15) is 31.2 Å². The second-order valence-corrected chi connectivity index (χ2v) is 6.14. The lowest BCUT2D eigenvalue weighted by Crippen LogP contribution is -2.24. The van der Waals surface area contributed by atoms with Gasteiger partial charge in [0.15, 0.2) is 0 Å². The summed E-state index contributed by atoms with van der Waals surface area (Å²) in [6, 6.07) is 5.95. The average Bonchev–Trinajstić information content (AvgIpc) is 2.88. The van der Waals surface area contributed by atoms with Gasteiger partial charge in [0.2, 0.25) is 0 Å². The number of aryl methyl sites for hydroxylation is 1. The van der Waals surface area contributed by atoms with Crippen molar-refractivity contribution in [3.63, 3.8) is 0 Å². The fourth-order valence-electron chi connectivity index (χ4n) is 2.86. The molecule has 2 fully saturated rings. The molecule has 1 aromatic rings. The largest absolute Gasteiger partial charge is 0.485 e. The molecule has 2 nitrogen and oxygen atoms in total. The van der Waals surface area contributed by atoms with Gasteiger partial charge < -0.3 is 10.1 Å². The Morgan fingerprint density at radius 1 is 1.44 bits per heavy atom. The summed E-state index contributed by atoms with van der Waals surface area (Å²) in [5, 5.41) is 4.17. The molecule has 0 amide bonds. The van der Waals surface area contributed by atoms with Crippen molar-refractivity contribution >= 4 is 11.6 Å². The zero-order valence-corrected chi connectivity index (χ0v) is 11.6. The Morgan fingerprint density at radius 3 is 2.89 bits per heavy atom. The molecular weight excluding hydrogens is 246 g/mol. The van der Waals surface area contributed by atoms with E-state index in [-0.39, 0.29) is 5.60 Å². The van der Waals surface area contributed by atoms with E-state index in [4.69, 9.17) is 16.3 Å². The van der Waals surface area contributed by atoms with Crippen LogP contribution in [-0.2, 0) is 0 Å². The quantitative estimate of drug-likeness (QED) is 0.899. The van der Waals surface area contributed by atoms with E-state index in [1.54, 1.807) is 0 Å². The van der Waals surface area contributed by atoms with Gasteiger partial charge in [0.1, 0.15) is 11.4 Å². The SMILES string of the molecule is Cc1cccc(Cl)c1OC1(CC2CCNC2)CC1. The van der Waals surface area contributed by atoms with Crippen LogP contribution in [0.4, 0.5) is 0 Å². The highest BCUT2D eigenvalue weighted by Crippen LogP contribution is 2.47. The van der Waals surface area contributed by atoms with Gasteiger partial charge in [-0.15, -0.1) is 0 Å². The first kappa shape index (κ1) is 12.3. The third kappa shape index (κ3) is 2.50.